The SMILES string of the molecule is Cc1ccccc1[C@@H]1C[C@@H]1NS(=O)(=O)CCOC(C)C. The summed E-state index contributed by atoms with van der Waals surface area (Å²) in [5.41, 5.74) is 2.47. The summed E-state index contributed by atoms with van der Waals surface area (Å²) >= 11 is 0. The third-order valence-electron chi connectivity index (χ3n) is 3.51. The molecule has 1 aliphatic rings. The van der Waals surface area contributed by atoms with Crippen LogP contribution in [0.15, 0.2) is 24.3 Å². The zero-order valence-electron chi connectivity index (χ0n) is 12.3. The van der Waals surface area contributed by atoms with E-state index in [4.69, 9.17) is 4.74 Å². The lowest BCUT2D eigenvalue weighted by Gasteiger charge is -2.10. The van der Waals surface area contributed by atoms with E-state index in [9.17, 15) is 8.42 Å². The van der Waals surface area contributed by atoms with Gasteiger partial charge in [0.05, 0.1) is 18.5 Å². The van der Waals surface area contributed by atoms with Gasteiger partial charge in [-0.2, -0.15) is 0 Å². The molecular formula is C15H23NO3S. The summed E-state index contributed by atoms with van der Waals surface area (Å²) in [5, 5.41) is 0. The van der Waals surface area contributed by atoms with Crippen LogP contribution in [0.4, 0.5) is 0 Å². The number of sulfonamides is 1. The summed E-state index contributed by atoms with van der Waals surface area (Å²) in [7, 11) is -3.24. The molecule has 1 saturated carbocycles. The minimum Gasteiger partial charge on any atom is -0.378 e. The molecule has 0 aliphatic heterocycles. The predicted molar refractivity (Wildman–Crippen MR) is 80.3 cm³/mol. The third-order valence-corrected chi connectivity index (χ3v) is 4.88. The summed E-state index contributed by atoms with van der Waals surface area (Å²) in [6.07, 6.45) is 0.945. The van der Waals surface area contributed by atoms with Gasteiger partial charge in [0.15, 0.2) is 0 Å². The molecule has 20 heavy (non-hydrogen) atoms. The van der Waals surface area contributed by atoms with Gasteiger partial charge in [-0.05, 0) is 38.3 Å². The molecule has 112 valence electrons. The maximum atomic E-state index is 11.9. The molecule has 0 unspecified atom stereocenters. The van der Waals surface area contributed by atoms with Crippen molar-refractivity contribution in [3.05, 3.63) is 35.4 Å². The lowest BCUT2D eigenvalue weighted by molar-refractivity contribution is 0.0911. The van der Waals surface area contributed by atoms with Gasteiger partial charge in [0.25, 0.3) is 0 Å². The first-order valence-corrected chi connectivity index (χ1v) is 8.71. The van der Waals surface area contributed by atoms with Crippen LogP contribution in [0.2, 0.25) is 0 Å². The number of rotatable bonds is 7. The van der Waals surface area contributed by atoms with Gasteiger partial charge in [-0.25, -0.2) is 13.1 Å². The minimum absolute atomic E-state index is 0.0299. The molecule has 0 heterocycles. The summed E-state index contributed by atoms with van der Waals surface area (Å²) in [6.45, 7) is 6.11. The van der Waals surface area contributed by atoms with Crippen LogP contribution in [0.1, 0.15) is 37.3 Å². The quantitative estimate of drug-likeness (QED) is 0.839. The Kier molecular flexibility index (Phi) is 4.83. The van der Waals surface area contributed by atoms with Gasteiger partial charge in [0.1, 0.15) is 0 Å². The number of aryl methyl sites for hydroxylation is 1. The summed E-state index contributed by atoms with van der Waals surface area (Å²) in [6, 6.07) is 8.19. The molecular weight excluding hydrogens is 274 g/mol. The van der Waals surface area contributed by atoms with Crippen molar-refractivity contribution in [2.75, 3.05) is 12.4 Å². The summed E-state index contributed by atoms with van der Waals surface area (Å²) < 4.78 is 31.9. The van der Waals surface area contributed by atoms with Crippen molar-refractivity contribution in [2.24, 2.45) is 0 Å². The van der Waals surface area contributed by atoms with Crippen LogP contribution in [0.25, 0.3) is 0 Å². The molecule has 4 nitrogen and oxygen atoms in total. The van der Waals surface area contributed by atoms with Crippen molar-refractivity contribution in [3.63, 3.8) is 0 Å². The molecule has 0 amide bonds. The Morgan fingerprint density at radius 3 is 2.70 bits per heavy atom. The lowest BCUT2D eigenvalue weighted by atomic mass is 10.0. The Labute approximate surface area is 121 Å². The number of nitrogens with one attached hydrogen (secondary N) is 1. The predicted octanol–water partition coefficient (Wildman–Crippen LogP) is 2.20. The molecule has 0 bridgehead atoms. The van der Waals surface area contributed by atoms with Gasteiger partial charge in [-0.1, -0.05) is 24.3 Å². The largest absolute Gasteiger partial charge is 0.378 e. The highest BCUT2D eigenvalue weighted by Crippen LogP contribution is 2.42. The van der Waals surface area contributed by atoms with Gasteiger partial charge in [-0.15, -0.1) is 0 Å². The van der Waals surface area contributed by atoms with Crippen LogP contribution in [0, 0.1) is 6.92 Å². The van der Waals surface area contributed by atoms with Crippen molar-refractivity contribution >= 4 is 10.0 Å². The van der Waals surface area contributed by atoms with E-state index >= 15 is 0 Å². The van der Waals surface area contributed by atoms with E-state index in [1.54, 1.807) is 0 Å². The van der Waals surface area contributed by atoms with Crippen molar-refractivity contribution in [1.82, 2.24) is 4.72 Å². The third kappa shape index (κ3) is 4.30. The zero-order valence-corrected chi connectivity index (χ0v) is 13.1. The molecule has 1 fully saturated rings. The average Bonchev–Trinajstić information content (AvgIpc) is 3.07. The molecule has 0 saturated heterocycles. The molecule has 5 heteroatoms. The van der Waals surface area contributed by atoms with Gasteiger partial charge in [0, 0.05) is 12.0 Å². The fourth-order valence-corrected chi connectivity index (χ4v) is 3.51. The Hall–Kier alpha value is -0.910. The van der Waals surface area contributed by atoms with Gasteiger partial charge >= 0.3 is 0 Å². The minimum atomic E-state index is -3.24. The normalized spacial score (nSPS) is 22.2. The van der Waals surface area contributed by atoms with Gasteiger partial charge in [0.2, 0.25) is 10.0 Å². The molecule has 0 radical (unpaired) electrons. The van der Waals surface area contributed by atoms with Gasteiger partial charge < -0.3 is 4.74 Å². The van der Waals surface area contributed by atoms with Crippen molar-refractivity contribution in [1.29, 1.82) is 0 Å². The topological polar surface area (TPSA) is 55.4 Å². The van der Waals surface area contributed by atoms with Crippen LogP contribution in [-0.4, -0.2) is 32.9 Å². The van der Waals surface area contributed by atoms with E-state index in [1.165, 1.54) is 11.1 Å². The summed E-state index contributed by atoms with van der Waals surface area (Å²) in [5.74, 6) is 0.347. The second-order valence-corrected chi connectivity index (χ2v) is 7.53. The summed E-state index contributed by atoms with van der Waals surface area (Å²) in [4.78, 5) is 0. The molecule has 1 aliphatic carbocycles. The van der Waals surface area contributed by atoms with E-state index in [2.05, 4.69) is 23.8 Å². The molecule has 0 aromatic heterocycles. The first kappa shape index (κ1) is 15.5. The van der Waals surface area contributed by atoms with E-state index in [1.807, 2.05) is 26.0 Å². The van der Waals surface area contributed by atoms with E-state index in [-0.39, 0.29) is 24.5 Å². The number of hydrogen-bond acceptors (Lipinski definition) is 3. The first-order valence-electron chi connectivity index (χ1n) is 7.06. The Balaban J connectivity index is 1.85. The molecule has 2 atom stereocenters. The average molecular weight is 297 g/mol. The van der Waals surface area contributed by atoms with Crippen molar-refractivity contribution in [3.8, 4) is 0 Å². The van der Waals surface area contributed by atoms with Crippen LogP contribution < -0.4 is 4.72 Å². The molecule has 2 rings (SSSR count). The smallest absolute Gasteiger partial charge is 0.214 e. The number of hydrogen-bond donors (Lipinski definition) is 1. The van der Waals surface area contributed by atoms with E-state index < -0.39 is 10.0 Å². The van der Waals surface area contributed by atoms with Crippen LogP contribution in [0.5, 0.6) is 0 Å². The maximum absolute atomic E-state index is 11.9. The van der Waals surface area contributed by atoms with Crippen LogP contribution in [0.3, 0.4) is 0 Å². The highest BCUT2D eigenvalue weighted by Gasteiger charge is 2.41. The lowest BCUT2D eigenvalue weighted by Crippen LogP contribution is -2.31. The number of benzene rings is 1. The molecule has 0 spiro atoms. The van der Waals surface area contributed by atoms with Crippen LogP contribution >= 0.6 is 0 Å². The maximum Gasteiger partial charge on any atom is 0.214 e. The fourth-order valence-electron chi connectivity index (χ4n) is 2.35. The Morgan fingerprint density at radius 2 is 2.05 bits per heavy atom. The second kappa shape index (κ2) is 6.24. The fraction of sp³-hybridized carbons (Fsp3) is 0.600. The second-order valence-electron chi connectivity index (χ2n) is 5.66. The van der Waals surface area contributed by atoms with Crippen LogP contribution in [-0.2, 0) is 14.8 Å². The molecule has 1 N–H and O–H groups in total. The van der Waals surface area contributed by atoms with E-state index in [0.717, 1.165) is 6.42 Å². The number of ether oxygens (including phenoxy) is 1. The zero-order chi connectivity index (χ0) is 14.8. The van der Waals surface area contributed by atoms with E-state index in [0.29, 0.717) is 5.92 Å². The highest BCUT2D eigenvalue weighted by atomic mass is 32.2. The molecule has 1 aromatic rings. The Bertz CT molecular complexity index is 554. The van der Waals surface area contributed by atoms with Crippen molar-refractivity contribution in [2.45, 2.75) is 45.3 Å². The standard InChI is InChI=1S/C15H23NO3S/c1-11(2)19-8-9-20(17,18)16-15-10-14(15)13-7-5-4-6-12(13)3/h4-7,11,14-16H,8-10H2,1-3H3/t14-,15-/m0/s1. The Morgan fingerprint density at radius 1 is 1.35 bits per heavy atom. The highest BCUT2D eigenvalue weighted by molar-refractivity contribution is 7.89. The monoisotopic (exact) mass is 297 g/mol. The van der Waals surface area contributed by atoms with Gasteiger partial charge in [-0.3, -0.25) is 0 Å². The first-order chi connectivity index (χ1) is 9.39. The molecule has 1 aromatic carbocycles. The van der Waals surface area contributed by atoms with Crippen molar-refractivity contribution < 1.29 is 13.2 Å².